The standard InChI is InChI=1S/C18H28FN3O2/c1-14(12-18(24)21-16-5-2-4-15(19)13-16)20-8-3-9-22-10-6-17(23)7-11-22/h2,4-5,13-14,17,20,23H,3,6-12H2,1H3,(H,21,24). The molecule has 0 aliphatic carbocycles. The predicted octanol–water partition coefficient (Wildman–Crippen LogP) is 1.98. The lowest BCUT2D eigenvalue weighted by molar-refractivity contribution is -0.116. The molecule has 6 heteroatoms. The van der Waals surface area contributed by atoms with Crippen LogP contribution in [-0.4, -0.2) is 54.2 Å². The molecule has 0 aromatic heterocycles. The van der Waals surface area contributed by atoms with Crippen LogP contribution >= 0.6 is 0 Å². The van der Waals surface area contributed by atoms with Gasteiger partial charge in [-0.15, -0.1) is 0 Å². The summed E-state index contributed by atoms with van der Waals surface area (Å²) < 4.78 is 13.1. The number of piperidine rings is 1. The molecule has 1 fully saturated rings. The van der Waals surface area contributed by atoms with Crippen molar-refractivity contribution < 1.29 is 14.3 Å². The minimum atomic E-state index is -0.357. The summed E-state index contributed by atoms with van der Waals surface area (Å²) in [6.07, 6.45) is 2.98. The highest BCUT2D eigenvalue weighted by Crippen LogP contribution is 2.11. The molecule has 1 aromatic rings. The molecule has 0 radical (unpaired) electrons. The number of nitrogens with zero attached hydrogens (tertiary/aromatic N) is 1. The summed E-state index contributed by atoms with van der Waals surface area (Å²) in [4.78, 5) is 14.3. The molecule has 1 heterocycles. The number of carbonyl (C=O) groups is 1. The summed E-state index contributed by atoms with van der Waals surface area (Å²) >= 11 is 0. The Balaban J connectivity index is 1.57. The van der Waals surface area contributed by atoms with Crippen molar-refractivity contribution >= 4 is 11.6 Å². The number of hydrogen-bond donors (Lipinski definition) is 3. The Morgan fingerprint density at radius 2 is 2.17 bits per heavy atom. The SMILES string of the molecule is CC(CC(=O)Nc1cccc(F)c1)NCCCN1CCC(O)CC1. The second-order valence-electron chi connectivity index (χ2n) is 6.54. The van der Waals surface area contributed by atoms with Gasteiger partial charge in [-0.1, -0.05) is 6.07 Å². The number of benzene rings is 1. The van der Waals surface area contributed by atoms with E-state index in [0.29, 0.717) is 12.1 Å². The molecule has 1 saturated heterocycles. The van der Waals surface area contributed by atoms with Crippen molar-refractivity contribution in [2.24, 2.45) is 0 Å². The van der Waals surface area contributed by atoms with Gasteiger partial charge in [0.1, 0.15) is 5.82 Å². The average molecular weight is 337 g/mol. The van der Waals surface area contributed by atoms with Gasteiger partial charge >= 0.3 is 0 Å². The molecule has 1 atom stereocenters. The van der Waals surface area contributed by atoms with E-state index in [4.69, 9.17) is 0 Å². The van der Waals surface area contributed by atoms with E-state index in [1.54, 1.807) is 12.1 Å². The van der Waals surface area contributed by atoms with Crippen LogP contribution in [0.5, 0.6) is 0 Å². The summed E-state index contributed by atoms with van der Waals surface area (Å²) in [5.41, 5.74) is 0.486. The monoisotopic (exact) mass is 337 g/mol. The highest BCUT2D eigenvalue weighted by Gasteiger charge is 2.16. The van der Waals surface area contributed by atoms with Crippen LogP contribution in [0.25, 0.3) is 0 Å². The summed E-state index contributed by atoms with van der Waals surface area (Å²) in [6.45, 7) is 5.78. The van der Waals surface area contributed by atoms with E-state index < -0.39 is 0 Å². The number of halogens is 1. The van der Waals surface area contributed by atoms with Crippen molar-refractivity contribution in [3.8, 4) is 0 Å². The molecule has 1 unspecified atom stereocenters. The number of hydrogen-bond acceptors (Lipinski definition) is 4. The van der Waals surface area contributed by atoms with Crippen molar-refractivity contribution in [3.05, 3.63) is 30.1 Å². The van der Waals surface area contributed by atoms with Crippen LogP contribution in [0.1, 0.15) is 32.6 Å². The molecule has 1 amide bonds. The van der Waals surface area contributed by atoms with Gasteiger partial charge in [-0.3, -0.25) is 4.79 Å². The van der Waals surface area contributed by atoms with E-state index in [9.17, 15) is 14.3 Å². The van der Waals surface area contributed by atoms with Gasteiger partial charge in [-0.05, 0) is 57.5 Å². The van der Waals surface area contributed by atoms with Gasteiger partial charge in [0, 0.05) is 31.2 Å². The lowest BCUT2D eigenvalue weighted by atomic mass is 10.1. The third kappa shape index (κ3) is 6.95. The van der Waals surface area contributed by atoms with Crippen molar-refractivity contribution in [2.75, 3.05) is 31.5 Å². The molecule has 134 valence electrons. The first-order valence-corrected chi connectivity index (χ1v) is 8.72. The van der Waals surface area contributed by atoms with E-state index in [2.05, 4.69) is 15.5 Å². The van der Waals surface area contributed by atoms with Crippen LogP contribution in [0, 0.1) is 5.82 Å². The summed E-state index contributed by atoms with van der Waals surface area (Å²) in [5.74, 6) is -0.477. The first kappa shape index (κ1) is 18.8. The maximum atomic E-state index is 13.1. The Bertz CT molecular complexity index is 519. The third-order valence-corrected chi connectivity index (χ3v) is 4.30. The van der Waals surface area contributed by atoms with Gasteiger partial charge in [-0.25, -0.2) is 4.39 Å². The van der Waals surface area contributed by atoms with Crippen molar-refractivity contribution in [1.29, 1.82) is 0 Å². The van der Waals surface area contributed by atoms with Crippen LogP contribution in [-0.2, 0) is 4.79 Å². The quantitative estimate of drug-likeness (QED) is 0.635. The zero-order valence-electron chi connectivity index (χ0n) is 14.3. The predicted molar refractivity (Wildman–Crippen MR) is 93.4 cm³/mol. The van der Waals surface area contributed by atoms with Crippen LogP contribution in [0.4, 0.5) is 10.1 Å². The molecular formula is C18H28FN3O2. The fourth-order valence-electron chi connectivity index (χ4n) is 2.92. The number of amides is 1. The molecule has 24 heavy (non-hydrogen) atoms. The van der Waals surface area contributed by atoms with E-state index in [1.165, 1.54) is 12.1 Å². The minimum absolute atomic E-state index is 0.0711. The first-order chi connectivity index (χ1) is 11.5. The highest BCUT2D eigenvalue weighted by atomic mass is 19.1. The number of aliphatic hydroxyl groups is 1. The van der Waals surface area contributed by atoms with Gasteiger partial charge in [0.15, 0.2) is 0 Å². The average Bonchev–Trinajstić information content (AvgIpc) is 2.53. The Labute approximate surface area is 143 Å². The molecular weight excluding hydrogens is 309 g/mol. The van der Waals surface area contributed by atoms with Crippen LogP contribution in [0.15, 0.2) is 24.3 Å². The van der Waals surface area contributed by atoms with Crippen LogP contribution in [0.2, 0.25) is 0 Å². The molecule has 0 saturated carbocycles. The van der Waals surface area contributed by atoms with Crippen molar-refractivity contribution in [1.82, 2.24) is 10.2 Å². The van der Waals surface area contributed by atoms with E-state index in [0.717, 1.165) is 45.4 Å². The van der Waals surface area contributed by atoms with Gasteiger partial charge in [-0.2, -0.15) is 0 Å². The second kappa shape index (κ2) is 9.71. The van der Waals surface area contributed by atoms with Crippen LogP contribution < -0.4 is 10.6 Å². The zero-order valence-corrected chi connectivity index (χ0v) is 14.3. The summed E-state index contributed by atoms with van der Waals surface area (Å²) in [7, 11) is 0. The van der Waals surface area contributed by atoms with Crippen molar-refractivity contribution in [2.45, 2.75) is 44.8 Å². The maximum absolute atomic E-state index is 13.1. The summed E-state index contributed by atoms with van der Waals surface area (Å²) in [6, 6.07) is 5.98. The van der Waals surface area contributed by atoms with Gasteiger partial charge in [0.05, 0.1) is 6.10 Å². The van der Waals surface area contributed by atoms with Gasteiger partial charge in [0.25, 0.3) is 0 Å². The normalized spacial score (nSPS) is 17.6. The molecule has 2 rings (SSSR count). The topological polar surface area (TPSA) is 64.6 Å². The number of carbonyl (C=O) groups excluding carboxylic acids is 1. The number of rotatable bonds is 8. The molecule has 3 N–H and O–H groups in total. The maximum Gasteiger partial charge on any atom is 0.225 e. The first-order valence-electron chi connectivity index (χ1n) is 8.72. The lowest BCUT2D eigenvalue weighted by Crippen LogP contribution is -2.38. The number of aliphatic hydroxyl groups excluding tert-OH is 1. The Morgan fingerprint density at radius 3 is 2.88 bits per heavy atom. The number of anilines is 1. The molecule has 1 aliphatic heterocycles. The fraction of sp³-hybridized carbons (Fsp3) is 0.611. The van der Waals surface area contributed by atoms with Crippen LogP contribution in [0.3, 0.4) is 0 Å². The van der Waals surface area contributed by atoms with E-state index in [-0.39, 0.29) is 23.9 Å². The number of likely N-dealkylation sites (tertiary alicyclic amines) is 1. The largest absolute Gasteiger partial charge is 0.393 e. The fourth-order valence-corrected chi connectivity index (χ4v) is 2.92. The van der Waals surface area contributed by atoms with Gasteiger partial charge in [0.2, 0.25) is 5.91 Å². The minimum Gasteiger partial charge on any atom is -0.393 e. The molecule has 1 aliphatic rings. The Kier molecular flexibility index (Phi) is 7.62. The molecule has 0 spiro atoms. The van der Waals surface area contributed by atoms with Gasteiger partial charge < -0.3 is 20.6 Å². The van der Waals surface area contributed by atoms with Crippen molar-refractivity contribution in [3.63, 3.8) is 0 Å². The molecule has 1 aromatic carbocycles. The second-order valence-corrected chi connectivity index (χ2v) is 6.54. The highest BCUT2D eigenvalue weighted by molar-refractivity contribution is 5.91. The number of nitrogens with one attached hydrogen (secondary N) is 2. The molecule has 0 bridgehead atoms. The van der Waals surface area contributed by atoms with E-state index in [1.807, 2.05) is 6.92 Å². The smallest absolute Gasteiger partial charge is 0.225 e. The van der Waals surface area contributed by atoms with E-state index >= 15 is 0 Å². The third-order valence-electron chi connectivity index (χ3n) is 4.30. The zero-order chi connectivity index (χ0) is 17.4. The Morgan fingerprint density at radius 1 is 1.42 bits per heavy atom. The molecule has 5 nitrogen and oxygen atoms in total. The Hall–Kier alpha value is -1.50. The lowest BCUT2D eigenvalue weighted by Gasteiger charge is -2.29. The summed E-state index contributed by atoms with van der Waals surface area (Å²) in [5, 5.41) is 15.5.